The maximum Gasteiger partial charge on any atom is 0.169 e. The molecule has 1 fully saturated rings. The van der Waals surface area contributed by atoms with E-state index in [1.807, 2.05) is 0 Å². The third kappa shape index (κ3) is 2.40. The third-order valence-electron chi connectivity index (χ3n) is 4.82. The number of benzene rings is 1. The highest BCUT2D eigenvalue weighted by Gasteiger charge is 2.40. The summed E-state index contributed by atoms with van der Waals surface area (Å²) in [6.07, 6.45) is 5.49. The number of hydrogen-bond acceptors (Lipinski definition) is 1. The molecule has 2 heteroatoms. The molecule has 0 unspecified atom stereocenters. The van der Waals surface area contributed by atoms with E-state index in [2.05, 4.69) is 49.7 Å². The molecule has 19 heavy (non-hydrogen) atoms. The molecule has 1 aliphatic carbocycles. The van der Waals surface area contributed by atoms with E-state index in [0.29, 0.717) is 5.78 Å². The normalized spacial score (nSPS) is 17.7. The number of hydrogen-bond donors (Lipinski definition) is 0. The lowest BCUT2D eigenvalue weighted by Gasteiger charge is -2.28. The third-order valence-corrected chi connectivity index (χ3v) is 6.04. The topological polar surface area (TPSA) is 17.1 Å². The molecule has 0 saturated heterocycles. The van der Waals surface area contributed by atoms with Crippen LogP contribution in [0.4, 0.5) is 0 Å². The molecule has 1 nitrogen and oxygen atoms in total. The van der Waals surface area contributed by atoms with Gasteiger partial charge in [-0.3, -0.25) is 4.79 Å². The van der Waals surface area contributed by atoms with Crippen molar-refractivity contribution in [2.24, 2.45) is 5.41 Å². The molecule has 0 atom stereocenters. The second-order valence-corrected chi connectivity index (χ2v) is 6.79. The molecule has 1 saturated carbocycles. The lowest BCUT2D eigenvalue weighted by atomic mass is 9.74. The summed E-state index contributed by atoms with van der Waals surface area (Å²) in [6.45, 7) is 8.38. The largest absolute Gasteiger partial charge is 0.294 e. The summed E-state index contributed by atoms with van der Waals surface area (Å²) < 4.78 is 1.09. The number of rotatable bonds is 3. The van der Waals surface area contributed by atoms with E-state index in [9.17, 15) is 4.79 Å². The molecule has 1 aliphatic rings. The second-order valence-electron chi connectivity index (χ2n) is 5.99. The van der Waals surface area contributed by atoms with Gasteiger partial charge in [-0.05, 0) is 56.7 Å². The van der Waals surface area contributed by atoms with Crippen LogP contribution in [-0.4, -0.2) is 5.78 Å². The van der Waals surface area contributed by atoms with E-state index >= 15 is 0 Å². The minimum absolute atomic E-state index is 0.0930. The van der Waals surface area contributed by atoms with E-state index in [0.717, 1.165) is 40.4 Å². The Bertz CT molecular complexity index is 510. The van der Waals surface area contributed by atoms with Crippen molar-refractivity contribution in [1.82, 2.24) is 0 Å². The van der Waals surface area contributed by atoms with Crippen LogP contribution in [-0.2, 0) is 0 Å². The first kappa shape index (κ1) is 14.8. The Hall–Kier alpha value is -0.630. The van der Waals surface area contributed by atoms with Gasteiger partial charge in [0.15, 0.2) is 5.78 Å². The Morgan fingerprint density at radius 3 is 2.32 bits per heavy atom. The number of halogens is 1. The zero-order valence-electron chi connectivity index (χ0n) is 12.4. The molecule has 0 spiro atoms. The molecule has 2 rings (SSSR count). The van der Waals surface area contributed by atoms with Crippen LogP contribution in [0.25, 0.3) is 0 Å². The van der Waals surface area contributed by atoms with Gasteiger partial charge in [0.05, 0.1) is 0 Å². The van der Waals surface area contributed by atoms with Crippen LogP contribution in [0.1, 0.15) is 66.1 Å². The van der Waals surface area contributed by atoms with E-state index in [-0.39, 0.29) is 5.41 Å². The zero-order valence-corrected chi connectivity index (χ0v) is 14.0. The van der Waals surface area contributed by atoms with Crippen LogP contribution >= 0.6 is 15.9 Å². The predicted octanol–water partition coefficient (Wildman–Crippen LogP) is 5.53. The number of ketones is 1. The Morgan fingerprint density at radius 2 is 1.79 bits per heavy atom. The summed E-state index contributed by atoms with van der Waals surface area (Å²) in [6, 6.07) is 2.13. The van der Waals surface area contributed by atoms with E-state index in [1.54, 1.807) is 0 Å². The summed E-state index contributed by atoms with van der Waals surface area (Å²) in [5.74, 6) is 0.378. The number of carbonyl (C=O) groups excluding carboxylic acids is 1. The first-order valence-electron chi connectivity index (χ1n) is 7.24. The van der Waals surface area contributed by atoms with Crippen molar-refractivity contribution >= 4 is 21.7 Å². The van der Waals surface area contributed by atoms with Crippen LogP contribution in [0.2, 0.25) is 0 Å². The van der Waals surface area contributed by atoms with Crippen LogP contribution in [0.15, 0.2) is 10.5 Å². The maximum absolute atomic E-state index is 13.1. The summed E-state index contributed by atoms with van der Waals surface area (Å²) in [5.41, 5.74) is 4.32. The molecule has 1 aromatic rings. The van der Waals surface area contributed by atoms with Gasteiger partial charge in [-0.2, -0.15) is 0 Å². The molecule has 0 heterocycles. The van der Waals surface area contributed by atoms with Gasteiger partial charge < -0.3 is 0 Å². The minimum atomic E-state index is -0.0930. The van der Waals surface area contributed by atoms with Crippen molar-refractivity contribution in [1.29, 1.82) is 0 Å². The zero-order chi connectivity index (χ0) is 14.2. The fourth-order valence-electron chi connectivity index (χ4n) is 3.57. The van der Waals surface area contributed by atoms with E-state index in [1.165, 1.54) is 18.4 Å². The maximum atomic E-state index is 13.1. The van der Waals surface area contributed by atoms with E-state index in [4.69, 9.17) is 0 Å². The van der Waals surface area contributed by atoms with Crippen molar-refractivity contribution in [3.63, 3.8) is 0 Å². The second kappa shape index (κ2) is 5.40. The number of Topliss-reactive ketones (excluding diaryl/α,β-unsaturated/α-hetero) is 1. The molecule has 0 radical (unpaired) electrons. The molecule has 0 N–H and O–H groups in total. The number of carbonyl (C=O) groups is 1. The summed E-state index contributed by atoms with van der Waals surface area (Å²) >= 11 is 3.63. The van der Waals surface area contributed by atoms with Gasteiger partial charge in [-0.1, -0.05) is 41.8 Å². The fraction of sp³-hybridized carbons (Fsp3) is 0.588. The summed E-state index contributed by atoms with van der Waals surface area (Å²) in [5, 5.41) is 0. The molecule has 0 bridgehead atoms. The van der Waals surface area contributed by atoms with Gasteiger partial charge in [-0.25, -0.2) is 0 Å². The summed E-state index contributed by atoms with van der Waals surface area (Å²) in [7, 11) is 0. The van der Waals surface area contributed by atoms with Crippen LogP contribution in [0.5, 0.6) is 0 Å². The molecule has 0 amide bonds. The molecule has 0 aromatic heterocycles. The smallest absolute Gasteiger partial charge is 0.169 e. The SMILES string of the molecule is CCC1(C(=O)c2c(C)cc(C)c(Br)c2C)CCCC1. The van der Waals surface area contributed by atoms with Gasteiger partial charge >= 0.3 is 0 Å². The molecule has 104 valence electrons. The van der Waals surface area contributed by atoms with Crippen LogP contribution in [0.3, 0.4) is 0 Å². The highest BCUT2D eigenvalue weighted by Crippen LogP contribution is 2.45. The van der Waals surface area contributed by atoms with Crippen molar-refractivity contribution in [3.8, 4) is 0 Å². The monoisotopic (exact) mass is 322 g/mol. The van der Waals surface area contributed by atoms with Crippen LogP contribution < -0.4 is 0 Å². The lowest BCUT2D eigenvalue weighted by molar-refractivity contribution is 0.0790. The molecule has 0 aliphatic heterocycles. The van der Waals surface area contributed by atoms with Crippen molar-refractivity contribution in [3.05, 3.63) is 32.8 Å². The van der Waals surface area contributed by atoms with Crippen molar-refractivity contribution < 1.29 is 4.79 Å². The van der Waals surface area contributed by atoms with Gasteiger partial charge in [0, 0.05) is 15.5 Å². The average molecular weight is 323 g/mol. The highest BCUT2D eigenvalue weighted by atomic mass is 79.9. The Labute approximate surface area is 124 Å². The van der Waals surface area contributed by atoms with Gasteiger partial charge in [0.1, 0.15) is 0 Å². The molecular formula is C17H23BrO. The fourth-order valence-corrected chi connectivity index (χ4v) is 3.88. The molecule has 1 aromatic carbocycles. The Balaban J connectivity index is 2.53. The average Bonchev–Trinajstić information content (AvgIpc) is 2.86. The first-order valence-corrected chi connectivity index (χ1v) is 8.03. The standard InChI is InChI=1S/C17H23BrO/c1-5-17(8-6-7-9-17)16(19)14-11(2)10-12(3)15(18)13(14)4/h10H,5-9H2,1-4H3. The minimum Gasteiger partial charge on any atom is -0.294 e. The Morgan fingerprint density at radius 1 is 1.21 bits per heavy atom. The lowest BCUT2D eigenvalue weighted by Crippen LogP contribution is -2.28. The molecular weight excluding hydrogens is 300 g/mol. The Kier molecular flexibility index (Phi) is 4.20. The van der Waals surface area contributed by atoms with Crippen LogP contribution in [0, 0.1) is 26.2 Å². The van der Waals surface area contributed by atoms with Gasteiger partial charge in [-0.15, -0.1) is 0 Å². The number of aryl methyl sites for hydroxylation is 2. The predicted molar refractivity (Wildman–Crippen MR) is 83.9 cm³/mol. The van der Waals surface area contributed by atoms with Gasteiger partial charge in [0.2, 0.25) is 0 Å². The van der Waals surface area contributed by atoms with Gasteiger partial charge in [0.25, 0.3) is 0 Å². The van der Waals surface area contributed by atoms with Crippen molar-refractivity contribution in [2.75, 3.05) is 0 Å². The van der Waals surface area contributed by atoms with E-state index < -0.39 is 0 Å². The van der Waals surface area contributed by atoms with Crippen molar-refractivity contribution in [2.45, 2.75) is 59.8 Å². The summed E-state index contributed by atoms with van der Waals surface area (Å²) in [4.78, 5) is 13.1. The quantitative estimate of drug-likeness (QED) is 0.669. The first-order chi connectivity index (χ1) is 8.93. The highest BCUT2D eigenvalue weighted by molar-refractivity contribution is 9.10.